The van der Waals surface area contributed by atoms with E-state index in [1.54, 1.807) is 0 Å². The lowest BCUT2D eigenvalue weighted by Crippen LogP contribution is -2.21. The Bertz CT molecular complexity index is 618. The molecule has 0 atom stereocenters. The number of aryl methyl sites for hydroxylation is 1. The standard InChI is InChI=1S/C19H24N2O/c1-4-15-6-5-7-18(12-15)21-19(22)13-20-17-10-8-16(9-11-17)14(2)3/h5-12,14,20H,4,13H2,1-3H3,(H,21,22). The van der Waals surface area contributed by atoms with Crippen LogP contribution >= 0.6 is 0 Å². The molecule has 0 heterocycles. The first-order chi connectivity index (χ1) is 10.6. The number of amides is 1. The second-order valence-electron chi connectivity index (χ2n) is 5.73. The molecular formula is C19H24N2O. The monoisotopic (exact) mass is 296 g/mol. The Balaban J connectivity index is 1.87. The van der Waals surface area contributed by atoms with Crippen molar-refractivity contribution in [1.29, 1.82) is 0 Å². The highest BCUT2D eigenvalue weighted by Crippen LogP contribution is 2.17. The zero-order valence-electron chi connectivity index (χ0n) is 13.5. The van der Waals surface area contributed by atoms with Crippen LogP contribution in [-0.2, 0) is 11.2 Å². The van der Waals surface area contributed by atoms with Crippen molar-refractivity contribution >= 4 is 17.3 Å². The number of benzene rings is 2. The second-order valence-corrected chi connectivity index (χ2v) is 5.73. The molecule has 116 valence electrons. The fourth-order valence-electron chi connectivity index (χ4n) is 2.24. The molecule has 2 rings (SSSR count). The molecule has 0 saturated carbocycles. The van der Waals surface area contributed by atoms with E-state index in [1.807, 2.05) is 30.3 Å². The van der Waals surface area contributed by atoms with E-state index in [9.17, 15) is 4.79 Å². The average molecular weight is 296 g/mol. The van der Waals surface area contributed by atoms with E-state index in [0.717, 1.165) is 17.8 Å². The Labute approximate surface area is 132 Å². The third kappa shape index (κ3) is 4.62. The molecule has 2 aromatic rings. The summed E-state index contributed by atoms with van der Waals surface area (Å²) in [6.45, 7) is 6.70. The summed E-state index contributed by atoms with van der Waals surface area (Å²) in [6, 6.07) is 16.2. The molecule has 3 heteroatoms. The van der Waals surface area contributed by atoms with Crippen LogP contribution in [0, 0.1) is 0 Å². The number of rotatable bonds is 6. The number of anilines is 2. The summed E-state index contributed by atoms with van der Waals surface area (Å²) < 4.78 is 0. The molecule has 0 spiro atoms. The lowest BCUT2D eigenvalue weighted by molar-refractivity contribution is -0.114. The van der Waals surface area contributed by atoms with E-state index in [2.05, 4.69) is 49.6 Å². The minimum absolute atomic E-state index is 0.0406. The van der Waals surface area contributed by atoms with E-state index >= 15 is 0 Å². The fourth-order valence-corrected chi connectivity index (χ4v) is 2.24. The molecule has 0 radical (unpaired) electrons. The van der Waals surface area contributed by atoms with Gasteiger partial charge in [0.1, 0.15) is 0 Å². The normalized spacial score (nSPS) is 10.5. The number of nitrogens with one attached hydrogen (secondary N) is 2. The van der Waals surface area contributed by atoms with Gasteiger partial charge in [0.05, 0.1) is 6.54 Å². The maximum atomic E-state index is 12.0. The summed E-state index contributed by atoms with van der Waals surface area (Å²) in [5.74, 6) is 0.476. The van der Waals surface area contributed by atoms with Gasteiger partial charge in [0.2, 0.25) is 5.91 Å². The SMILES string of the molecule is CCc1cccc(NC(=O)CNc2ccc(C(C)C)cc2)c1. The van der Waals surface area contributed by atoms with Gasteiger partial charge < -0.3 is 10.6 Å². The first-order valence-corrected chi connectivity index (χ1v) is 7.81. The van der Waals surface area contributed by atoms with Crippen molar-refractivity contribution in [2.24, 2.45) is 0 Å². The van der Waals surface area contributed by atoms with Crippen molar-refractivity contribution in [2.75, 3.05) is 17.2 Å². The van der Waals surface area contributed by atoms with Gasteiger partial charge in [0, 0.05) is 11.4 Å². The maximum absolute atomic E-state index is 12.0. The first-order valence-electron chi connectivity index (χ1n) is 7.81. The van der Waals surface area contributed by atoms with E-state index in [4.69, 9.17) is 0 Å². The van der Waals surface area contributed by atoms with E-state index in [0.29, 0.717) is 5.92 Å². The van der Waals surface area contributed by atoms with Gasteiger partial charge in [-0.1, -0.05) is 45.0 Å². The summed E-state index contributed by atoms with van der Waals surface area (Å²) in [5.41, 5.74) is 4.32. The van der Waals surface area contributed by atoms with Gasteiger partial charge in [-0.25, -0.2) is 0 Å². The van der Waals surface area contributed by atoms with Gasteiger partial charge in [-0.05, 0) is 47.7 Å². The molecular weight excluding hydrogens is 272 g/mol. The summed E-state index contributed by atoms with van der Waals surface area (Å²) >= 11 is 0. The first kappa shape index (κ1) is 16.1. The van der Waals surface area contributed by atoms with Gasteiger partial charge in [-0.3, -0.25) is 4.79 Å². The van der Waals surface area contributed by atoms with E-state index in [1.165, 1.54) is 11.1 Å². The Morgan fingerprint density at radius 1 is 1.05 bits per heavy atom. The molecule has 0 aliphatic rings. The Hall–Kier alpha value is -2.29. The lowest BCUT2D eigenvalue weighted by Gasteiger charge is -2.10. The lowest BCUT2D eigenvalue weighted by atomic mass is 10.0. The highest BCUT2D eigenvalue weighted by Gasteiger charge is 2.03. The molecule has 22 heavy (non-hydrogen) atoms. The van der Waals surface area contributed by atoms with Crippen molar-refractivity contribution in [1.82, 2.24) is 0 Å². The molecule has 0 aliphatic carbocycles. The van der Waals surface area contributed by atoms with Crippen LogP contribution in [0.3, 0.4) is 0 Å². The van der Waals surface area contributed by atoms with Crippen LogP contribution in [-0.4, -0.2) is 12.5 Å². The molecule has 0 saturated heterocycles. The molecule has 2 aromatic carbocycles. The third-order valence-electron chi connectivity index (χ3n) is 3.65. The molecule has 0 aliphatic heterocycles. The molecule has 0 unspecified atom stereocenters. The van der Waals surface area contributed by atoms with Crippen molar-refractivity contribution in [3.05, 3.63) is 59.7 Å². The van der Waals surface area contributed by atoms with Crippen molar-refractivity contribution in [3.63, 3.8) is 0 Å². The predicted octanol–water partition coefficient (Wildman–Crippen LogP) is 4.42. The van der Waals surface area contributed by atoms with Gasteiger partial charge in [-0.2, -0.15) is 0 Å². The highest BCUT2D eigenvalue weighted by molar-refractivity contribution is 5.93. The maximum Gasteiger partial charge on any atom is 0.243 e. The van der Waals surface area contributed by atoms with Crippen LogP contribution in [0.4, 0.5) is 11.4 Å². The van der Waals surface area contributed by atoms with Crippen LogP contribution in [0.1, 0.15) is 37.8 Å². The third-order valence-corrected chi connectivity index (χ3v) is 3.65. The Morgan fingerprint density at radius 3 is 2.41 bits per heavy atom. The smallest absolute Gasteiger partial charge is 0.243 e. The van der Waals surface area contributed by atoms with Crippen LogP contribution < -0.4 is 10.6 Å². The van der Waals surface area contributed by atoms with Crippen molar-refractivity contribution in [2.45, 2.75) is 33.1 Å². The van der Waals surface area contributed by atoms with Crippen LogP contribution in [0.5, 0.6) is 0 Å². The van der Waals surface area contributed by atoms with E-state index in [-0.39, 0.29) is 12.5 Å². The molecule has 2 N–H and O–H groups in total. The van der Waals surface area contributed by atoms with Crippen LogP contribution in [0.2, 0.25) is 0 Å². The van der Waals surface area contributed by atoms with Crippen LogP contribution in [0.15, 0.2) is 48.5 Å². The van der Waals surface area contributed by atoms with Crippen LogP contribution in [0.25, 0.3) is 0 Å². The molecule has 0 aromatic heterocycles. The summed E-state index contributed by atoms with van der Waals surface area (Å²) in [7, 11) is 0. The number of carbonyl (C=O) groups is 1. The Kier molecular flexibility index (Phi) is 5.59. The molecule has 3 nitrogen and oxygen atoms in total. The molecule has 0 fully saturated rings. The summed E-state index contributed by atoms with van der Waals surface area (Å²) in [4.78, 5) is 12.0. The average Bonchev–Trinajstić information content (AvgIpc) is 2.53. The van der Waals surface area contributed by atoms with E-state index < -0.39 is 0 Å². The minimum Gasteiger partial charge on any atom is -0.376 e. The fraction of sp³-hybridized carbons (Fsp3) is 0.316. The quantitative estimate of drug-likeness (QED) is 0.828. The predicted molar refractivity (Wildman–Crippen MR) is 93.5 cm³/mol. The molecule has 1 amide bonds. The summed E-state index contributed by atoms with van der Waals surface area (Å²) in [6.07, 6.45) is 0.962. The van der Waals surface area contributed by atoms with Gasteiger partial charge >= 0.3 is 0 Å². The largest absolute Gasteiger partial charge is 0.376 e. The highest BCUT2D eigenvalue weighted by atomic mass is 16.1. The van der Waals surface area contributed by atoms with Gasteiger partial charge in [0.25, 0.3) is 0 Å². The topological polar surface area (TPSA) is 41.1 Å². The Morgan fingerprint density at radius 2 is 1.77 bits per heavy atom. The minimum atomic E-state index is -0.0406. The zero-order chi connectivity index (χ0) is 15.9. The second kappa shape index (κ2) is 7.64. The molecule has 0 bridgehead atoms. The number of hydrogen-bond donors (Lipinski definition) is 2. The number of carbonyl (C=O) groups excluding carboxylic acids is 1. The zero-order valence-corrected chi connectivity index (χ0v) is 13.5. The van der Waals surface area contributed by atoms with Gasteiger partial charge in [0.15, 0.2) is 0 Å². The summed E-state index contributed by atoms with van der Waals surface area (Å²) in [5, 5.41) is 6.06. The number of hydrogen-bond acceptors (Lipinski definition) is 2. The van der Waals surface area contributed by atoms with Crippen molar-refractivity contribution < 1.29 is 4.79 Å². The van der Waals surface area contributed by atoms with Crippen molar-refractivity contribution in [3.8, 4) is 0 Å². The van der Waals surface area contributed by atoms with Gasteiger partial charge in [-0.15, -0.1) is 0 Å².